The average molecular weight is 308 g/mol. The molecule has 3 heteroatoms. The molecule has 2 aromatic rings. The maximum Gasteiger partial charge on any atom is 0.255 e. The molecule has 1 N–H and O–H groups in total. The van der Waals surface area contributed by atoms with Gasteiger partial charge >= 0.3 is 0 Å². The van der Waals surface area contributed by atoms with Gasteiger partial charge in [0, 0.05) is 23.8 Å². The molecule has 1 heterocycles. The Labute approximate surface area is 138 Å². The van der Waals surface area contributed by atoms with E-state index in [1.807, 2.05) is 42.5 Å². The van der Waals surface area contributed by atoms with Crippen molar-refractivity contribution in [3.05, 3.63) is 65.7 Å². The molecule has 2 aromatic carbocycles. The second-order valence-electron chi connectivity index (χ2n) is 6.33. The molecule has 120 valence electrons. The molecule has 0 radical (unpaired) electrons. The number of anilines is 1. The highest BCUT2D eigenvalue weighted by Gasteiger charge is 2.18. The minimum absolute atomic E-state index is 0.0610. The molecule has 1 aliphatic rings. The van der Waals surface area contributed by atoms with Gasteiger partial charge in [-0.3, -0.25) is 9.69 Å². The summed E-state index contributed by atoms with van der Waals surface area (Å²) in [5.74, 6) is -0.0610. The van der Waals surface area contributed by atoms with Gasteiger partial charge in [0.2, 0.25) is 0 Å². The van der Waals surface area contributed by atoms with Crippen molar-refractivity contribution in [2.45, 2.75) is 38.8 Å². The Morgan fingerprint density at radius 1 is 1.09 bits per heavy atom. The molecule has 1 amide bonds. The summed E-state index contributed by atoms with van der Waals surface area (Å²) in [7, 11) is 0. The maximum absolute atomic E-state index is 12.2. The summed E-state index contributed by atoms with van der Waals surface area (Å²) in [6, 6.07) is 18.2. The molecule has 1 saturated heterocycles. The van der Waals surface area contributed by atoms with Gasteiger partial charge < -0.3 is 5.32 Å². The van der Waals surface area contributed by atoms with Gasteiger partial charge in [-0.2, -0.15) is 0 Å². The van der Waals surface area contributed by atoms with E-state index in [0.717, 1.165) is 12.2 Å². The summed E-state index contributed by atoms with van der Waals surface area (Å²) < 4.78 is 0. The number of hydrogen-bond donors (Lipinski definition) is 1. The van der Waals surface area contributed by atoms with E-state index in [1.54, 1.807) is 0 Å². The molecule has 0 bridgehead atoms. The molecular weight excluding hydrogens is 284 g/mol. The molecule has 1 fully saturated rings. The Morgan fingerprint density at radius 3 is 2.52 bits per heavy atom. The number of benzene rings is 2. The van der Waals surface area contributed by atoms with E-state index < -0.39 is 0 Å². The van der Waals surface area contributed by atoms with Crippen LogP contribution in [0.25, 0.3) is 0 Å². The highest BCUT2D eigenvalue weighted by molar-refractivity contribution is 6.04. The van der Waals surface area contributed by atoms with Crippen molar-refractivity contribution in [1.29, 1.82) is 0 Å². The highest BCUT2D eigenvalue weighted by Crippen LogP contribution is 2.19. The van der Waals surface area contributed by atoms with E-state index in [9.17, 15) is 4.79 Å². The lowest BCUT2D eigenvalue weighted by atomic mass is 10.0. The smallest absolute Gasteiger partial charge is 0.255 e. The Bertz CT molecular complexity index is 636. The molecule has 3 rings (SSSR count). The van der Waals surface area contributed by atoms with Crippen LogP contribution in [0.3, 0.4) is 0 Å². The van der Waals surface area contributed by atoms with Crippen LogP contribution in [0.2, 0.25) is 0 Å². The van der Waals surface area contributed by atoms with E-state index in [2.05, 4.69) is 29.3 Å². The number of piperidine rings is 1. The second kappa shape index (κ2) is 7.42. The fourth-order valence-electron chi connectivity index (χ4n) is 3.11. The van der Waals surface area contributed by atoms with E-state index in [4.69, 9.17) is 0 Å². The average Bonchev–Trinajstić information content (AvgIpc) is 2.58. The van der Waals surface area contributed by atoms with Crippen molar-refractivity contribution in [2.75, 3.05) is 11.9 Å². The van der Waals surface area contributed by atoms with Crippen molar-refractivity contribution in [3.8, 4) is 0 Å². The van der Waals surface area contributed by atoms with Crippen LogP contribution in [0.4, 0.5) is 5.69 Å². The van der Waals surface area contributed by atoms with Crippen molar-refractivity contribution >= 4 is 11.6 Å². The minimum atomic E-state index is -0.0610. The van der Waals surface area contributed by atoms with Crippen LogP contribution in [0, 0.1) is 0 Å². The molecule has 23 heavy (non-hydrogen) atoms. The fraction of sp³-hybridized carbons (Fsp3) is 0.350. The van der Waals surface area contributed by atoms with Gasteiger partial charge in [0.05, 0.1) is 0 Å². The van der Waals surface area contributed by atoms with Crippen LogP contribution in [0.5, 0.6) is 0 Å². The van der Waals surface area contributed by atoms with Gasteiger partial charge in [0.1, 0.15) is 0 Å². The van der Waals surface area contributed by atoms with Crippen LogP contribution >= 0.6 is 0 Å². The molecular formula is C20H24N2O. The monoisotopic (exact) mass is 308 g/mol. The van der Waals surface area contributed by atoms with Crippen molar-refractivity contribution in [1.82, 2.24) is 4.90 Å². The minimum Gasteiger partial charge on any atom is -0.322 e. The first-order valence-electron chi connectivity index (χ1n) is 8.42. The number of nitrogens with zero attached hydrogens (tertiary/aromatic N) is 1. The number of nitrogens with one attached hydrogen (secondary N) is 1. The number of para-hydroxylation sites is 1. The number of carbonyl (C=O) groups is 1. The van der Waals surface area contributed by atoms with Gasteiger partial charge in [-0.1, -0.05) is 36.8 Å². The third kappa shape index (κ3) is 4.20. The predicted octanol–water partition coefficient (Wildman–Crippen LogP) is 4.31. The molecule has 0 unspecified atom stereocenters. The predicted molar refractivity (Wildman–Crippen MR) is 94.6 cm³/mol. The largest absolute Gasteiger partial charge is 0.322 e. The zero-order chi connectivity index (χ0) is 16.1. The Hall–Kier alpha value is -2.13. The molecule has 0 aromatic heterocycles. The molecule has 0 spiro atoms. The van der Waals surface area contributed by atoms with Crippen molar-refractivity contribution < 1.29 is 4.79 Å². The van der Waals surface area contributed by atoms with Gasteiger partial charge in [-0.25, -0.2) is 0 Å². The number of amides is 1. The lowest BCUT2D eigenvalue weighted by Gasteiger charge is -2.33. The van der Waals surface area contributed by atoms with Gasteiger partial charge in [0.15, 0.2) is 0 Å². The van der Waals surface area contributed by atoms with E-state index in [-0.39, 0.29) is 5.91 Å². The second-order valence-corrected chi connectivity index (χ2v) is 6.33. The lowest BCUT2D eigenvalue weighted by Crippen LogP contribution is -2.36. The van der Waals surface area contributed by atoms with E-state index in [1.165, 1.54) is 31.4 Å². The van der Waals surface area contributed by atoms with E-state index in [0.29, 0.717) is 11.6 Å². The van der Waals surface area contributed by atoms with Crippen LogP contribution in [-0.4, -0.2) is 23.4 Å². The van der Waals surface area contributed by atoms with Crippen LogP contribution < -0.4 is 5.32 Å². The number of carbonyl (C=O) groups excluding carboxylic acids is 1. The summed E-state index contributed by atoms with van der Waals surface area (Å²) in [6.07, 6.45) is 3.93. The summed E-state index contributed by atoms with van der Waals surface area (Å²) in [6.45, 7) is 4.46. The third-order valence-corrected chi connectivity index (χ3v) is 4.57. The topological polar surface area (TPSA) is 32.3 Å². The molecule has 0 aliphatic carbocycles. The zero-order valence-corrected chi connectivity index (χ0v) is 13.7. The summed E-state index contributed by atoms with van der Waals surface area (Å²) in [4.78, 5) is 14.8. The number of rotatable bonds is 4. The number of likely N-dealkylation sites (tertiary alicyclic amines) is 1. The molecule has 1 aliphatic heterocycles. The Kier molecular flexibility index (Phi) is 5.09. The number of hydrogen-bond acceptors (Lipinski definition) is 2. The van der Waals surface area contributed by atoms with Gasteiger partial charge in [-0.15, -0.1) is 0 Å². The third-order valence-electron chi connectivity index (χ3n) is 4.57. The first-order chi connectivity index (χ1) is 11.2. The molecule has 1 atom stereocenters. The SMILES string of the molecule is C[C@@H]1CCCCN1Cc1ccc(C(=O)Nc2ccccc2)cc1. The van der Waals surface area contributed by atoms with Crippen molar-refractivity contribution in [3.63, 3.8) is 0 Å². The Morgan fingerprint density at radius 2 is 1.83 bits per heavy atom. The first-order valence-corrected chi connectivity index (χ1v) is 8.42. The van der Waals surface area contributed by atoms with E-state index >= 15 is 0 Å². The summed E-state index contributed by atoms with van der Waals surface area (Å²) in [5, 5.41) is 2.92. The highest BCUT2D eigenvalue weighted by atomic mass is 16.1. The lowest BCUT2D eigenvalue weighted by molar-refractivity contribution is 0.102. The quantitative estimate of drug-likeness (QED) is 0.912. The van der Waals surface area contributed by atoms with Gasteiger partial charge in [-0.05, 0) is 56.1 Å². The standard InChI is InChI=1S/C20H24N2O/c1-16-7-5-6-14-22(16)15-17-10-12-18(13-11-17)20(23)21-19-8-3-2-4-9-19/h2-4,8-13,16H,5-7,14-15H2,1H3,(H,21,23)/t16-/m1/s1. The fourth-order valence-corrected chi connectivity index (χ4v) is 3.11. The normalized spacial score (nSPS) is 18.6. The van der Waals surface area contributed by atoms with Crippen LogP contribution in [0.1, 0.15) is 42.1 Å². The molecule has 3 nitrogen and oxygen atoms in total. The summed E-state index contributed by atoms with van der Waals surface area (Å²) in [5.41, 5.74) is 2.79. The van der Waals surface area contributed by atoms with Crippen LogP contribution in [-0.2, 0) is 6.54 Å². The summed E-state index contributed by atoms with van der Waals surface area (Å²) >= 11 is 0. The van der Waals surface area contributed by atoms with Gasteiger partial charge in [0.25, 0.3) is 5.91 Å². The molecule has 0 saturated carbocycles. The maximum atomic E-state index is 12.2. The zero-order valence-electron chi connectivity index (χ0n) is 13.7. The van der Waals surface area contributed by atoms with Crippen molar-refractivity contribution in [2.24, 2.45) is 0 Å². The Balaban J connectivity index is 1.61. The first kappa shape index (κ1) is 15.8. The van der Waals surface area contributed by atoms with Crippen LogP contribution in [0.15, 0.2) is 54.6 Å².